The highest BCUT2D eigenvalue weighted by Crippen LogP contribution is 2.37. The molecule has 0 radical (unpaired) electrons. The molecule has 1 aliphatic carbocycles. The first-order valence-corrected chi connectivity index (χ1v) is 9.35. The van der Waals surface area contributed by atoms with Crippen LogP contribution in [0.3, 0.4) is 0 Å². The number of H-pyrrole nitrogens is 1. The molecule has 2 aromatic rings. The Morgan fingerprint density at radius 3 is 2.69 bits per heavy atom. The van der Waals surface area contributed by atoms with Crippen LogP contribution >= 0.6 is 11.8 Å². The highest BCUT2D eigenvalue weighted by Gasteiger charge is 2.42. The molecule has 0 bridgehead atoms. The summed E-state index contributed by atoms with van der Waals surface area (Å²) >= 11 is 1.49. The number of rotatable bonds is 5. The van der Waals surface area contributed by atoms with Crippen LogP contribution in [-0.2, 0) is 5.75 Å². The normalized spacial score (nSPS) is 20.7. The van der Waals surface area contributed by atoms with Crippen LogP contribution in [0.15, 0.2) is 35.7 Å². The predicted molar refractivity (Wildman–Crippen MR) is 91.7 cm³/mol. The molecule has 3 rings (SSSR count). The van der Waals surface area contributed by atoms with Gasteiger partial charge in [0.05, 0.1) is 5.92 Å². The van der Waals surface area contributed by atoms with E-state index in [0.29, 0.717) is 29.3 Å². The van der Waals surface area contributed by atoms with Gasteiger partial charge in [-0.25, -0.2) is 4.98 Å². The SMILES string of the molecule is O=C(NC1CCCC(C(F)(F)F)C1)c1ccc(CSc2ncn[nH]2)cc1. The highest BCUT2D eigenvalue weighted by molar-refractivity contribution is 7.98. The van der Waals surface area contributed by atoms with E-state index in [1.807, 2.05) is 12.1 Å². The van der Waals surface area contributed by atoms with Crippen LogP contribution in [0.4, 0.5) is 13.2 Å². The number of carbonyl (C=O) groups excluding carboxylic acids is 1. The average Bonchev–Trinajstić information content (AvgIpc) is 3.13. The standard InChI is InChI=1S/C17H19F3N4OS/c18-17(19,20)13-2-1-3-14(8-13)23-15(25)12-6-4-11(5-7-12)9-26-16-21-10-22-24-16/h4-7,10,13-14H,1-3,8-9H2,(H,23,25)(H,21,22,24). The van der Waals surface area contributed by atoms with E-state index >= 15 is 0 Å². The summed E-state index contributed by atoms with van der Waals surface area (Å²) in [5, 5.41) is 9.98. The topological polar surface area (TPSA) is 70.7 Å². The van der Waals surface area contributed by atoms with E-state index < -0.39 is 18.1 Å². The van der Waals surface area contributed by atoms with Crippen LogP contribution in [0.1, 0.15) is 41.6 Å². The maximum Gasteiger partial charge on any atom is 0.391 e. The van der Waals surface area contributed by atoms with E-state index in [1.54, 1.807) is 12.1 Å². The molecular weight excluding hydrogens is 365 g/mol. The van der Waals surface area contributed by atoms with Crippen LogP contribution < -0.4 is 5.32 Å². The summed E-state index contributed by atoms with van der Waals surface area (Å²) in [7, 11) is 0. The molecule has 1 fully saturated rings. The van der Waals surface area contributed by atoms with Crippen molar-refractivity contribution in [2.75, 3.05) is 0 Å². The van der Waals surface area contributed by atoms with E-state index in [4.69, 9.17) is 0 Å². The van der Waals surface area contributed by atoms with Crippen LogP contribution in [0.5, 0.6) is 0 Å². The van der Waals surface area contributed by atoms with E-state index in [-0.39, 0.29) is 18.7 Å². The lowest BCUT2D eigenvalue weighted by Crippen LogP contribution is -2.41. The molecule has 1 aliphatic rings. The summed E-state index contributed by atoms with van der Waals surface area (Å²) in [5.41, 5.74) is 1.46. The molecule has 1 aromatic heterocycles. The molecule has 2 unspecified atom stereocenters. The number of nitrogens with one attached hydrogen (secondary N) is 2. The smallest absolute Gasteiger partial charge is 0.349 e. The minimum Gasteiger partial charge on any atom is -0.349 e. The van der Waals surface area contributed by atoms with Gasteiger partial charge < -0.3 is 5.32 Å². The molecule has 0 aliphatic heterocycles. The first-order valence-electron chi connectivity index (χ1n) is 8.36. The van der Waals surface area contributed by atoms with Gasteiger partial charge in [-0.15, -0.1) is 0 Å². The minimum atomic E-state index is -4.19. The Balaban J connectivity index is 1.53. The maximum absolute atomic E-state index is 12.9. The van der Waals surface area contributed by atoms with Gasteiger partial charge in [0, 0.05) is 17.4 Å². The fraction of sp³-hybridized carbons (Fsp3) is 0.471. The number of hydrogen-bond donors (Lipinski definition) is 2. The number of halogens is 3. The van der Waals surface area contributed by atoms with Crippen molar-refractivity contribution < 1.29 is 18.0 Å². The van der Waals surface area contributed by atoms with Crippen molar-refractivity contribution in [2.24, 2.45) is 5.92 Å². The van der Waals surface area contributed by atoms with Crippen molar-refractivity contribution in [1.82, 2.24) is 20.5 Å². The van der Waals surface area contributed by atoms with E-state index in [0.717, 1.165) is 5.56 Å². The van der Waals surface area contributed by atoms with Crippen molar-refractivity contribution in [2.45, 2.75) is 48.8 Å². The molecule has 1 aromatic carbocycles. The molecule has 0 saturated heterocycles. The molecular formula is C17H19F3N4OS. The van der Waals surface area contributed by atoms with Crippen molar-refractivity contribution in [3.8, 4) is 0 Å². The van der Waals surface area contributed by atoms with E-state index in [2.05, 4.69) is 20.5 Å². The Hall–Kier alpha value is -2.03. The van der Waals surface area contributed by atoms with Crippen molar-refractivity contribution in [1.29, 1.82) is 0 Å². The predicted octanol–water partition coefficient (Wildman–Crippen LogP) is 3.95. The largest absolute Gasteiger partial charge is 0.391 e. The van der Waals surface area contributed by atoms with Crippen LogP contribution in [-0.4, -0.2) is 33.3 Å². The number of aromatic amines is 1. The number of amides is 1. The van der Waals surface area contributed by atoms with Crippen molar-refractivity contribution in [3.63, 3.8) is 0 Å². The number of alkyl halides is 3. The van der Waals surface area contributed by atoms with Gasteiger partial charge in [-0.1, -0.05) is 30.3 Å². The van der Waals surface area contributed by atoms with Crippen molar-refractivity contribution >= 4 is 17.7 Å². The molecule has 9 heteroatoms. The Labute approximate surface area is 153 Å². The average molecular weight is 384 g/mol. The van der Waals surface area contributed by atoms with Crippen LogP contribution in [0.2, 0.25) is 0 Å². The lowest BCUT2D eigenvalue weighted by Gasteiger charge is -2.31. The Bertz CT molecular complexity index is 719. The third-order valence-corrected chi connectivity index (χ3v) is 5.40. The van der Waals surface area contributed by atoms with Gasteiger partial charge in [0.1, 0.15) is 6.33 Å². The summed E-state index contributed by atoms with van der Waals surface area (Å²) in [5.74, 6) is -0.975. The molecule has 2 N–H and O–H groups in total. The Morgan fingerprint density at radius 2 is 2.04 bits per heavy atom. The summed E-state index contributed by atoms with van der Waals surface area (Å²) in [4.78, 5) is 16.3. The molecule has 1 amide bonds. The quantitative estimate of drug-likeness (QED) is 0.766. The molecule has 26 heavy (non-hydrogen) atoms. The molecule has 1 saturated carbocycles. The second kappa shape index (κ2) is 8.11. The number of carbonyl (C=O) groups is 1. The molecule has 0 spiro atoms. The van der Waals surface area contributed by atoms with E-state index in [9.17, 15) is 18.0 Å². The first kappa shape index (κ1) is 18.8. The van der Waals surface area contributed by atoms with Gasteiger partial charge in [-0.2, -0.15) is 18.3 Å². The zero-order valence-corrected chi connectivity index (χ0v) is 14.7. The summed E-state index contributed by atoms with van der Waals surface area (Å²) in [6.07, 6.45) is -1.58. The fourth-order valence-corrected chi connectivity index (χ4v) is 3.79. The molecule has 5 nitrogen and oxygen atoms in total. The summed E-state index contributed by atoms with van der Waals surface area (Å²) in [6.45, 7) is 0. The number of thioether (sulfide) groups is 1. The Kier molecular flexibility index (Phi) is 5.85. The second-order valence-electron chi connectivity index (χ2n) is 6.35. The number of benzene rings is 1. The summed E-state index contributed by atoms with van der Waals surface area (Å²) in [6, 6.07) is 6.62. The molecule has 1 heterocycles. The molecule has 2 atom stereocenters. The maximum atomic E-state index is 12.9. The van der Waals surface area contributed by atoms with Gasteiger partial charge in [0.25, 0.3) is 5.91 Å². The van der Waals surface area contributed by atoms with Gasteiger partial charge in [-0.05, 0) is 37.0 Å². The first-order chi connectivity index (χ1) is 12.4. The second-order valence-corrected chi connectivity index (χ2v) is 7.32. The zero-order chi connectivity index (χ0) is 18.6. The number of nitrogens with zero attached hydrogens (tertiary/aromatic N) is 2. The monoisotopic (exact) mass is 384 g/mol. The highest BCUT2D eigenvalue weighted by atomic mass is 32.2. The van der Waals surface area contributed by atoms with Crippen LogP contribution in [0.25, 0.3) is 0 Å². The molecule has 140 valence electrons. The fourth-order valence-electron chi connectivity index (χ4n) is 3.05. The lowest BCUT2D eigenvalue weighted by atomic mass is 9.85. The number of hydrogen-bond acceptors (Lipinski definition) is 4. The van der Waals surface area contributed by atoms with Gasteiger partial charge in [0.15, 0.2) is 5.16 Å². The van der Waals surface area contributed by atoms with Crippen molar-refractivity contribution in [3.05, 3.63) is 41.7 Å². The van der Waals surface area contributed by atoms with Gasteiger partial charge in [0.2, 0.25) is 0 Å². The zero-order valence-electron chi connectivity index (χ0n) is 13.9. The third-order valence-electron chi connectivity index (χ3n) is 4.46. The minimum absolute atomic E-state index is 0.0405. The van der Waals surface area contributed by atoms with Gasteiger partial charge >= 0.3 is 6.18 Å². The number of aromatic nitrogens is 3. The van der Waals surface area contributed by atoms with Crippen LogP contribution in [0, 0.1) is 5.92 Å². The van der Waals surface area contributed by atoms with Gasteiger partial charge in [-0.3, -0.25) is 9.89 Å². The van der Waals surface area contributed by atoms with E-state index in [1.165, 1.54) is 18.1 Å². The lowest BCUT2D eigenvalue weighted by molar-refractivity contribution is -0.183. The summed E-state index contributed by atoms with van der Waals surface area (Å²) < 4.78 is 38.6. The Morgan fingerprint density at radius 1 is 1.27 bits per heavy atom. The third kappa shape index (κ3) is 5.00.